The van der Waals surface area contributed by atoms with Gasteiger partial charge in [-0.25, -0.2) is 0 Å². The van der Waals surface area contributed by atoms with Gasteiger partial charge < -0.3 is 5.11 Å². The molecule has 0 spiro atoms. The van der Waals surface area contributed by atoms with Crippen LogP contribution in [0.2, 0.25) is 0 Å². The maximum atomic E-state index is 11.3. The van der Waals surface area contributed by atoms with Gasteiger partial charge in [-0.2, -0.15) is 0 Å². The third-order valence-corrected chi connectivity index (χ3v) is 4.17. The van der Waals surface area contributed by atoms with Crippen molar-refractivity contribution in [2.24, 2.45) is 11.8 Å². The van der Waals surface area contributed by atoms with Crippen molar-refractivity contribution in [1.82, 2.24) is 4.90 Å². The predicted octanol–water partition coefficient (Wildman–Crippen LogP) is 2.36. The van der Waals surface area contributed by atoms with E-state index < -0.39 is 5.97 Å². The summed E-state index contributed by atoms with van der Waals surface area (Å²) in [7, 11) is 0. The van der Waals surface area contributed by atoms with Gasteiger partial charge in [-0.3, -0.25) is 9.69 Å². The average Bonchev–Trinajstić information content (AvgIpc) is 3.05. The summed E-state index contributed by atoms with van der Waals surface area (Å²) in [6, 6.07) is -0.185. The third-order valence-electron chi connectivity index (χ3n) is 4.17. The van der Waals surface area contributed by atoms with Crippen LogP contribution >= 0.6 is 0 Å². The molecule has 1 N–H and O–H groups in total. The number of hydrogen-bond acceptors (Lipinski definition) is 2. The Hall–Kier alpha value is -0.570. The Kier molecular flexibility index (Phi) is 3.85. The topological polar surface area (TPSA) is 40.5 Å². The molecule has 16 heavy (non-hydrogen) atoms. The number of carbonyl (C=O) groups is 1. The lowest BCUT2D eigenvalue weighted by atomic mass is 9.98. The summed E-state index contributed by atoms with van der Waals surface area (Å²) in [5, 5.41) is 9.31. The van der Waals surface area contributed by atoms with Gasteiger partial charge in [0.2, 0.25) is 0 Å². The standard InChI is InChI=1S/C13H23NO2/c1-2-10-4-3-8-14(9-7-10)12(13(15)16)11-5-6-11/h10-12H,2-9H2,1H3,(H,15,16). The second-order valence-corrected chi connectivity index (χ2v) is 5.36. The van der Waals surface area contributed by atoms with Crippen LogP contribution in [-0.2, 0) is 4.79 Å². The molecule has 0 radical (unpaired) electrons. The zero-order chi connectivity index (χ0) is 11.5. The Labute approximate surface area is 97.8 Å². The molecule has 0 aromatic heterocycles. The average molecular weight is 225 g/mol. The lowest BCUT2D eigenvalue weighted by Crippen LogP contribution is -2.43. The van der Waals surface area contributed by atoms with Crippen LogP contribution in [0.1, 0.15) is 45.4 Å². The first-order valence-corrected chi connectivity index (χ1v) is 6.69. The molecule has 1 saturated carbocycles. The van der Waals surface area contributed by atoms with E-state index in [4.69, 9.17) is 0 Å². The minimum absolute atomic E-state index is 0.185. The van der Waals surface area contributed by atoms with Crippen molar-refractivity contribution in [2.45, 2.75) is 51.5 Å². The highest BCUT2D eigenvalue weighted by molar-refractivity contribution is 5.74. The lowest BCUT2D eigenvalue weighted by Gasteiger charge is -2.27. The summed E-state index contributed by atoms with van der Waals surface area (Å²) in [6.07, 6.45) is 7.12. The second kappa shape index (κ2) is 5.17. The molecule has 2 atom stereocenters. The summed E-state index contributed by atoms with van der Waals surface area (Å²) in [5.74, 6) is 0.659. The van der Waals surface area contributed by atoms with Crippen molar-refractivity contribution in [3.05, 3.63) is 0 Å². The highest BCUT2D eigenvalue weighted by atomic mass is 16.4. The molecule has 2 unspecified atom stereocenters. The van der Waals surface area contributed by atoms with E-state index in [0.717, 1.165) is 31.8 Å². The molecule has 92 valence electrons. The maximum Gasteiger partial charge on any atom is 0.321 e. The number of hydrogen-bond donors (Lipinski definition) is 1. The van der Waals surface area contributed by atoms with Crippen molar-refractivity contribution >= 4 is 5.97 Å². The number of aliphatic carboxylic acids is 1. The second-order valence-electron chi connectivity index (χ2n) is 5.36. The molecule has 1 saturated heterocycles. The summed E-state index contributed by atoms with van der Waals surface area (Å²) < 4.78 is 0. The van der Waals surface area contributed by atoms with Gasteiger partial charge in [-0.1, -0.05) is 13.3 Å². The molecule has 2 rings (SSSR count). The Bertz CT molecular complexity index is 250. The van der Waals surface area contributed by atoms with E-state index in [1.807, 2.05) is 0 Å². The zero-order valence-corrected chi connectivity index (χ0v) is 10.2. The zero-order valence-electron chi connectivity index (χ0n) is 10.2. The maximum absolute atomic E-state index is 11.3. The van der Waals surface area contributed by atoms with Crippen LogP contribution in [-0.4, -0.2) is 35.1 Å². The van der Waals surface area contributed by atoms with Crippen molar-refractivity contribution in [1.29, 1.82) is 0 Å². The first-order chi connectivity index (χ1) is 7.72. The Morgan fingerprint density at radius 2 is 2.06 bits per heavy atom. The Morgan fingerprint density at radius 1 is 1.31 bits per heavy atom. The highest BCUT2D eigenvalue weighted by Gasteiger charge is 2.40. The van der Waals surface area contributed by atoms with Crippen LogP contribution in [0.3, 0.4) is 0 Å². The van der Waals surface area contributed by atoms with E-state index in [9.17, 15) is 9.90 Å². The number of carboxylic acids is 1. The van der Waals surface area contributed by atoms with E-state index in [0.29, 0.717) is 5.92 Å². The number of nitrogens with zero attached hydrogens (tertiary/aromatic N) is 1. The van der Waals surface area contributed by atoms with E-state index in [-0.39, 0.29) is 6.04 Å². The van der Waals surface area contributed by atoms with Crippen molar-refractivity contribution in [2.75, 3.05) is 13.1 Å². The number of likely N-dealkylation sites (tertiary alicyclic amines) is 1. The fraction of sp³-hybridized carbons (Fsp3) is 0.923. The molecule has 2 fully saturated rings. The van der Waals surface area contributed by atoms with Crippen LogP contribution < -0.4 is 0 Å². The summed E-state index contributed by atoms with van der Waals surface area (Å²) >= 11 is 0. The largest absolute Gasteiger partial charge is 0.480 e. The fourth-order valence-electron chi connectivity index (χ4n) is 2.94. The van der Waals surface area contributed by atoms with Crippen LogP contribution in [0.4, 0.5) is 0 Å². The minimum Gasteiger partial charge on any atom is -0.480 e. The fourth-order valence-corrected chi connectivity index (χ4v) is 2.94. The van der Waals surface area contributed by atoms with E-state index in [1.165, 1.54) is 25.7 Å². The first kappa shape index (κ1) is 11.9. The molecule has 0 bridgehead atoms. The van der Waals surface area contributed by atoms with Crippen LogP contribution in [0.15, 0.2) is 0 Å². The molecular formula is C13H23NO2. The van der Waals surface area contributed by atoms with Crippen molar-refractivity contribution in [3.63, 3.8) is 0 Å². The lowest BCUT2D eigenvalue weighted by molar-refractivity contribution is -0.144. The Balaban J connectivity index is 1.94. The molecule has 0 amide bonds. The van der Waals surface area contributed by atoms with Crippen molar-refractivity contribution < 1.29 is 9.90 Å². The van der Waals surface area contributed by atoms with Gasteiger partial charge in [0.05, 0.1) is 0 Å². The van der Waals surface area contributed by atoms with E-state index in [2.05, 4.69) is 11.8 Å². The van der Waals surface area contributed by atoms with Crippen LogP contribution in [0, 0.1) is 11.8 Å². The molecule has 0 aromatic carbocycles. The molecule has 3 nitrogen and oxygen atoms in total. The van der Waals surface area contributed by atoms with Gasteiger partial charge in [0.1, 0.15) is 6.04 Å². The van der Waals surface area contributed by atoms with Crippen molar-refractivity contribution in [3.8, 4) is 0 Å². The monoisotopic (exact) mass is 225 g/mol. The molecule has 0 aromatic rings. The summed E-state index contributed by atoms with van der Waals surface area (Å²) in [5.41, 5.74) is 0. The van der Waals surface area contributed by atoms with Gasteiger partial charge in [-0.05, 0) is 57.0 Å². The summed E-state index contributed by atoms with van der Waals surface area (Å²) in [4.78, 5) is 13.5. The molecule has 1 aliphatic heterocycles. The molecule has 3 heteroatoms. The number of rotatable bonds is 4. The quantitative estimate of drug-likeness (QED) is 0.798. The third kappa shape index (κ3) is 2.76. The van der Waals surface area contributed by atoms with E-state index >= 15 is 0 Å². The molecular weight excluding hydrogens is 202 g/mol. The minimum atomic E-state index is -0.600. The Morgan fingerprint density at radius 3 is 2.62 bits per heavy atom. The predicted molar refractivity (Wildman–Crippen MR) is 63.4 cm³/mol. The molecule has 1 aliphatic carbocycles. The molecule has 2 aliphatic rings. The SMILES string of the molecule is CCC1CCCN(C(C(=O)O)C2CC2)CC1. The van der Waals surface area contributed by atoms with Gasteiger partial charge in [-0.15, -0.1) is 0 Å². The van der Waals surface area contributed by atoms with Crippen LogP contribution in [0.25, 0.3) is 0 Å². The highest BCUT2D eigenvalue weighted by Crippen LogP contribution is 2.36. The molecule has 1 heterocycles. The van der Waals surface area contributed by atoms with Gasteiger partial charge in [0.15, 0.2) is 0 Å². The van der Waals surface area contributed by atoms with Gasteiger partial charge >= 0.3 is 5.97 Å². The van der Waals surface area contributed by atoms with Gasteiger partial charge in [0, 0.05) is 0 Å². The number of carboxylic acid groups (broad SMARTS) is 1. The normalized spacial score (nSPS) is 29.7. The van der Waals surface area contributed by atoms with Crippen LogP contribution in [0.5, 0.6) is 0 Å². The van der Waals surface area contributed by atoms with E-state index in [1.54, 1.807) is 0 Å². The smallest absolute Gasteiger partial charge is 0.321 e. The first-order valence-electron chi connectivity index (χ1n) is 6.69. The summed E-state index contributed by atoms with van der Waals surface area (Å²) in [6.45, 7) is 4.23. The van der Waals surface area contributed by atoms with Gasteiger partial charge in [0.25, 0.3) is 0 Å².